The van der Waals surface area contributed by atoms with E-state index >= 15 is 0 Å². The minimum Gasteiger partial charge on any atom is -0.710 e. The number of hydrogen-bond acceptors (Lipinski definition) is 5. The van der Waals surface area contributed by atoms with Crippen molar-refractivity contribution in [3.05, 3.63) is 34.3 Å². The minimum absolute atomic E-state index is 0.0633. The number of fused-ring (bicyclic) bond motifs is 1. The number of nitrogens with one attached hydrogen (secondary N) is 1. The molecule has 1 heterocycles. The van der Waals surface area contributed by atoms with Crippen molar-refractivity contribution < 1.29 is 23.7 Å². The summed E-state index contributed by atoms with van der Waals surface area (Å²) in [5, 5.41) is 27.0. The lowest BCUT2D eigenvalue weighted by atomic mass is 10.2. The van der Waals surface area contributed by atoms with Gasteiger partial charge < -0.3 is 19.9 Å². The molecule has 0 spiro atoms. The van der Waals surface area contributed by atoms with Crippen LogP contribution in [0.25, 0.3) is 11.0 Å². The number of carbonyl (C=O) groups excluding carboxylic acids is 1. The molecular weight excluding hydrogens is 290 g/mol. The molecule has 1 amide bonds. The summed E-state index contributed by atoms with van der Waals surface area (Å²) in [5.41, 5.74) is 0.323. The molecule has 0 aliphatic rings. The molecule has 0 aliphatic heterocycles. The topological polar surface area (TPSA) is 101 Å². The van der Waals surface area contributed by atoms with Crippen molar-refractivity contribution in [3.63, 3.8) is 0 Å². The third kappa shape index (κ3) is 2.80. The van der Waals surface area contributed by atoms with E-state index in [-0.39, 0.29) is 28.6 Å². The number of ether oxygens (including phenoxy) is 2. The Kier molecular flexibility index (Phi) is 4.20. The Morgan fingerprint density at radius 2 is 1.91 bits per heavy atom. The van der Waals surface area contributed by atoms with Crippen molar-refractivity contribution in [3.8, 4) is 5.75 Å². The standard InChI is InChI=1S/C14H17N3O5/c1-8(2)22-14(18)15-13-9(3)16(19)11-6-5-10(21-4)7-12(11)17(13)20/h5-8H,1-4H3,(H,15,18). The van der Waals surface area contributed by atoms with Crippen LogP contribution in [0.2, 0.25) is 0 Å². The highest BCUT2D eigenvalue weighted by Gasteiger charge is 2.26. The second-order valence-corrected chi connectivity index (χ2v) is 4.96. The van der Waals surface area contributed by atoms with Gasteiger partial charge in [-0.15, -0.1) is 0 Å². The van der Waals surface area contributed by atoms with Crippen LogP contribution < -0.4 is 19.5 Å². The predicted octanol–water partition coefficient (Wildman–Crippen LogP) is 1.38. The van der Waals surface area contributed by atoms with E-state index in [4.69, 9.17) is 9.47 Å². The molecule has 0 saturated heterocycles. The molecule has 0 bridgehead atoms. The number of nitrogens with zero attached hydrogens (tertiary/aromatic N) is 2. The van der Waals surface area contributed by atoms with E-state index in [0.717, 1.165) is 0 Å². The summed E-state index contributed by atoms with van der Waals surface area (Å²) < 4.78 is 11.0. The molecule has 1 aromatic carbocycles. The van der Waals surface area contributed by atoms with E-state index in [1.807, 2.05) is 0 Å². The quantitative estimate of drug-likeness (QED) is 0.682. The van der Waals surface area contributed by atoms with E-state index < -0.39 is 6.09 Å². The van der Waals surface area contributed by atoms with Gasteiger partial charge in [-0.3, -0.25) is 0 Å². The fraction of sp³-hybridized carbons (Fsp3) is 0.357. The van der Waals surface area contributed by atoms with E-state index in [9.17, 15) is 15.2 Å². The summed E-state index contributed by atoms with van der Waals surface area (Å²) in [6.07, 6.45) is -1.15. The number of amides is 1. The van der Waals surface area contributed by atoms with Gasteiger partial charge in [0.1, 0.15) is 11.9 Å². The van der Waals surface area contributed by atoms with Crippen LogP contribution in [0.15, 0.2) is 18.2 Å². The molecule has 1 N–H and O–H groups in total. The van der Waals surface area contributed by atoms with Gasteiger partial charge in [0.2, 0.25) is 5.52 Å². The summed E-state index contributed by atoms with van der Waals surface area (Å²) in [5.74, 6) is 0.248. The average Bonchev–Trinajstić information content (AvgIpc) is 2.48. The summed E-state index contributed by atoms with van der Waals surface area (Å²) in [7, 11) is 1.45. The zero-order valence-electron chi connectivity index (χ0n) is 12.7. The van der Waals surface area contributed by atoms with Crippen molar-refractivity contribution >= 4 is 22.9 Å². The number of hydrogen-bond donors (Lipinski definition) is 1. The summed E-state index contributed by atoms with van der Waals surface area (Å²) in [4.78, 5) is 11.7. The van der Waals surface area contributed by atoms with Crippen molar-refractivity contribution in [1.82, 2.24) is 0 Å². The van der Waals surface area contributed by atoms with Crippen molar-refractivity contribution in [2.24, 2.45) is 0 Å². The molecular formula is C14H17N3O5. The second-order valence-electron chi connectivity index (χ2n) is 4.96. The minimum atomic E-state index is -0.801. The molecule has 0 aliphatic carbocycles. The normalized spacial score (nSPS) is 10.8. The first-order chi connectivity index (χ1) is 10.3. The van der Waals surface area contributed by atoms with Crippen LogP contribution in [-0.2, 0) is 4.74 Å². The Balaban J connectivity index is 2.56. The Morgan fingerprint density at radius 1 is 1.23 bits per heavy atom. The molecule has 2 rings (SSSR count). The largest absolute Gasteiger partial charge is 0.710 e. The maximum absolute atomic E-state index is 12.4. The fourth-order valence-electron chi connectivity index (χ4n) is 1.99. The number of benzene rings is 1. The van der Waals surface area contributed by atoms with Crippen molar-refractivity contribution in [2.45, 2.75) is 26.9 Å². The van der Waals surface area contributed by atoms with Gasteiger partial charge in [0.15, 0.2) is 0 Å². The van der Waals surface area contributed by atoms with E-state index in [1.54, 1.807) is 19.9 Å². The van der Waals surface area contributed by atoms with Crippen LogP contribution >= 0.6 is 0 Å². The smallest absolute Gasteiger partial charge is 0.505 e. The fourth-order valence-corrected chi connectivity index (χ4v) is 1.99. The van der Waals surface area contributed by atoms with Crippen LogP contribution in [0.4, 0.5) is 10.6 Å². The molecule has 118 valence electrons. The van der Waals surface area contributed by atoms with Crippen LogP contribution in [0.3, 0.4) is 0 Å². The van der Waals surface area contributed by atoms with Gasteiger partial charge in [-0.1, -0.05) is 0 Å². The molecule has 0 saturated carbocycles. The zero-order valence-corrected chi connectivity index (χ0v) is 12.7. The van der Waals surface area contributed by atoms with Gasteiger partial charge in [0, 0.05) is 19.1 Å². The predicted molar refractivity (Wildman–Crippen MR) is 78.4 cm³/mol. The number of anilines is 1. The molecule has 0 atom stereocenters. The maximum atomic E-state index is 12.4. The first-order valence-electron chi connectivity index (χ1n) is 6.66. The van der Waals surface area contributed by atoms with Gasteiger partial charge in [0.25, 0.3) is 11.2 Å². The number of carbonyl (C=O) groups is 1. The zero-order chi connectivity index (χ0) is 16.4. The van der Waals surface area contributed by atoms with Gasteiger partial charge in [-0.25, -0.2) is 4.73 Å². The van der Waals surface area contributed by atoms with Gasteiger partial charge >= 0.3 is 11.9 Å². The molecule has 0 fully saturated rings. The van der Waals surface area contributed by atoms with Crippen LogP contribution in [0.1, 0.15) is 19.5 Å². The third-order valence-corrected chi connectivity index (χ3v) is 3.03. The highest BCUT2D eigenvalue weighted by molar-refractivity contribution is 5.83. The Morgan fingerprint density at radius 3 is 2.50 bits per heavy atom. The molecule has 8 heteroatoms. The van der Waals surface area contributed by atoms with Crippen molar-refractivity contribution in [2.75, 3.05) is 12.4 Å². The highest BCUT2D eigenvalue weighted by atomic mass is 16.6. The Bertz CT molecular complexity index is 730. The molecule has 2 aromatic rings. The van der Waals surface area contributed by atoms with E-state index in [1.165, 1.54) is 26.2 Å². The Hall–Kier alpha value is -2.77. The molecule has 1 aromatic heterocycles. The molecule has 0 unspecified atom stereocenters. The van der Waals surface area contributed by atoms with Gasteiger partial charge in [-0.2, -0.15) is 14.8 Å². The number of aromatic nitrogens is 2. The summed E-state index contributed by atoms with van der Waals surface area (Å²) in [6.45, 7) is 4.80. The van der Waals surface area contributed by atoms with Crippen LogP contribution in [-0.4, -0.2) is 19.3 Å². The van der Waals surface area contributed by atoms with E-state index in [2.05, 4.69) is 5.32 Å². The average molecular weight is 307 g/mol. The van der Waals surface area contributed by atoms with Crippen LogP contribution in [0.5, 0.6) is 5.75 Å². The lowest BCUT2D eigenvalue weighted by Crippen LogP contribution is -2.44. The molecule has 22 heavy (non-hydrogen) atoms. The summed E-state index contributed by atoms with van der Waals surface area (Å²) in [6, 6.07) is 4.49. The van der Waals surface area contributed by atoms with Gasteiger partial charge in [0.05, 0.1) is 7.11 Å². The monoisotopic (exact) mass is 307 g/mol. The van der Waals surface area contributed by atoms with E-state index in [0.29, 0.717) is 15.2 Å². The molecule has 8 nitrogen and oxygen atoms in total. The molecule has 0 radical (unpaired) electrons. The second kappa shape index (κ2) is 5.92. The highest BCUT2D eigenvalue weighted by Crippen LogP contribution is 2.18. The lowest BCUT2D eigenvalue weighted by Gasteiger charge is -2.14. The SMILES string of the molecule is COc1ccc2c(c1)[n+]([O-])c(NC(=O)OC(C)C)c(C)[n+]2[O-]. The number of methoxy groups -OCH3 is 1. The Labute approximate surface area is 127 Å². The number of rotatable bonds is 3. The first kappa shape index (κ1) is 15.6. The van der Waals surface area contributed by atoms with Crippen LogP contribution in [0, 0.1) is 17.3 Å². The first-order valence-corrected chi connectivity index (χ1v) is 6.66. The van der Waals surface area contributed by atoms with Crippen molar-refractivity contribution in [1.29, 1.82) is 0 Å². The van der Waals surface area contributed by atoms with Gasteiger partial charge in [-0.05, 0) is 19.9 Å². The summed E-state index contributed by atoms with van der Waals surface area (Å²) >= 11 is 0. The third-order valence-electron chi connectivity index (χ3n) is 3.03. The maximum Gasteiger partial charge on any atom is 0.505 e. The lowest BCUT2D eigenvalue weighted by molar-refractivity contribution is -0.623.